The number of carbonyl (C=O) groups is 1. The Labute approximate surface area is 161 Å². The molecule has 154 valence electrons. The molecule has 2 N–H and O–H groups in total. The Kier molecular flexibility index (Phi) is 5.54. The molecule has 0 aromatic heterocycles. The van der Waals surface area contributed by atoms with E-state index in [1.807, 2.05) is 6.92 Å². The van der Waals surface area contributed by atoms with Crippen LogP contribution in [-0.2, 0) is 19.0 Å². The average Bonchev–Trinajstić information content (AvgIpc) is 2.59. The highest BCUT2D eigenvalue weighted by molar-refractivity contribution is 5.70. The lowest BCUT2D eigenvalue weighted by Gasteiger charge is -2.56. The summed E-state index contributed by atoms with van der Waals surface area (Å²) in [6, 6.07) is 0. The van der Waals surface area contributed by atoms with Gasteiger partial charge in [0.2, 0.25) is 0 Å². The maximum absolute atomic E-state index is 12.6. The smallest absolute Gasteiger partial charge is 0.306 e. The first-order valence-corrected chi connectivity index (χ1v) is 10.7. The normalized spacial score (nSPS) is 48.6. The molecule has 0 radical (unpaired) electrons. The lowest BCUT2D eigenvalue weighted by molar-refractivity contribution is -0.275. The van der Waals surface area contributed by atoms with Crippen LogP contribution in [0.15, 0.2) is 0 Å². The van der Waals surface area contributed by atoms with E-state index in [1.54, 1.807) is 6.92 Å². The monoisotopic (exact) mass is 382 g/mol. The van der Waals surface area contributed by atoms with Gasteiger partial charge in [0, 0.05) is 12.5 Å². The average molecular weight is 382 g/mol. The SMILES string of the molecule is CCO[C@@H]1C(C)C(O)OC(COC(=O)CC23CC4CC(CC(C4)C2)C3)[C@H]1O. The lowest BCUT2D eigenvalue weighted by atomic mass is 9.49. The van der Waals surface area contributed by atoms with Gasteiger partial charge in [-0.05, 0) is 68.6 Å². The lowest BCUT2D eigenvalue weighted by Crippen LogP contribution is -2.56. The third-order valence-electron chi connectivity index (χ3n) is 7.45. The van der Waals surface area contributed by atoms with Crippen LogP contribution in [0, 0.1) is 29.1 Å². The zero-order valence-electron chi connectivity index (χ0n) is 16.5. The van der Waals surface area contributed by atoms with Crippen molar-refractivity contribution >= 4 is 5.97 Å². The molecule has 0 amide bonds. The number of esters is 1. The van der Waals surface area contributed by atoms with Crippen LogP contribution in [0.3, 0.4) is 0 Å². The fourth-order valence-electron chi connectivity index (χ4n) is 6.69. The highest BCUT2D eigenvalue weighted by Gasteiger charge is 2.52. The summed E-state index contributed by atoms with van der Waals surface area (Å²) < 4.78 is 16.6. The van der Waals surface area contributed by atoms with Gasteiger partial charge < -0.3 is 24.4 Å². The molecule has 5 fully saturated rings. The number of hydrogen-bond donors (Lipinski definition) is 2. The fourth-order valence-corrected chi connectivity index (χ4v) is 6.69. The molecule has 4 bridgehead atoms. The Morgan fingerprint density at radius 2 is 1.70 bits per heavy atom. The number of rotatable bonds is 6. The zero-order valence-corrected chi connectivity index (χ0v) is 16.5. The second-order valence-electron chi connectivity index (χ2n) is 9.61. The van der Waals surface area contributed by atoms with E-state index in [9.17, 15) is 15.0 Å². The molecule has 6 nitrogen and oxygen atoms in total. The molecule has 3 unspecified atom stereocenters. The van der Waals surface area contributed by atoms with Crippen LogP contribution < -0.4 is 0 Å². The second kappa shape index (κ2) is 7.62. The van der Waals surface area contributed by atoms with Crippen LogP contribution in [0.4, 0.5) is 0 Å². The van der Waals surface area contributed by atoms with Crippen molar-refractivity contribution in [1.29, 1.82) is 0 Å². The van der Waals surface area contributed by atoms with E-state index in [-0.39, 0.29) is 23.9 Å². The van der Waals surface area contributed by atoms with Gasteiger partial charge in [0.25, 0.3) is 0 Å². The van der Waals surface area contributed by atoms with Crippen LogP contribution in [-0.4, -0.2) is 54.0 Å². The topological polar surface area (TPSA) is 85.2 Å². The van der Waals surface area contributed by atoms with E-state index in [1.165, 1.54) is 38.5 Å². The molecular weight excluding hydrogens is 348 g/mol. The molecule has 0 aromatic carbocycles. The molecule has 1 heterocycles. The minimum Gasteiger partial charge on any atom is -0.463 e. The van der Waals surface area contributed by atoms with Crippen LogP contribution in [0.5, 0.6) is 0 Å². The van der Waals surface area contributed by atoms with Crippen molar-refractivity contribution in [3.05, 3.63) is 0 Å². The van der Waals surface area contributed by atoms with Gasteiger partial charge >= 0.3 is 5.97 Å². The molecule has 5 rings (SSSR count). The summed E-state index contributed by atoms with van der Waals surface area (Å²) in [5.41, 5.74) is 0.139. The van der Waals surface area contributed by atoms with Crippen molar-refractivity contribution in [3.8, 4) is 0 Å². The van der Waals surface area contributed by atoms with Crippen molar-refractivity contribution in [2.24, 2.45) is 29.1 Å². The van der Waals surface area contributed by atoms with Crippen molar-refractivity contribution in [2.45, 2.75) is 83.4 Å². The maximum atomic E-state index is 12.6. The summed E-state index contributed by atoms with van der Waals surface area (Å²) in [5.74, 6) is 1.87. The van der Waals surface area contributed by atoms with E-state index in [4.69, 9.17) is 14.2 Å². The first-order valence-electron chi connectivity index (χ1n) is 10.7. The molecule has 1 saturated heterocycles. The van der Waals surface area contributed by atoms with Crippen molar-refractivity contribution in [3.63, 3.8) is 0 Å². The van der Waals surface area contributed by atoms with Crippen LogP contribution in [0.1, 0.15) is 58.8 Å². The van der Waals surface area contributed by atoms with E-state index in [0.29, 0.717) is 13.0 Å². The summed E-state index contributed by atoms with van der Waals surface area (Å²) in [7, 11) is 0. The minimum absolute atomic E-state index is 0.0419. The third kappa shape index (κ3) is 3.91. The van der Waals surface area contributed by atoms with Gasteiger partial charge in [0.15, 0.2) is 6.29 Å². The molecule has 0 spiro atoms. The second-order valence-corrected chi connectivity index (χ2v) is 9.61. The summed E-state index contributed by atoms with van der Waals surface area (Å²) in [6.45, 7) is 4.03. The largest absolute Gasteiger partial charge is 0.463 e. The van der Waals surface area contributed by atoms with E-state index < -0.39 is 24.6 Å². The van der Waals surface area contributed by atoms with Crippen LogP contribution >= 0.6 is 0 Å². The molecule has 4 saturated carbocycles. The van der Waals surface area contributed by atoms with Crippen LogP contribution in [0.25, 0.3) is 0 Å². The Morgan fingerprint density at radius 3 is 2.26 bits per heavy atom. The number of ether oxygens (including phenoxy) is 3. The van der Waals surface area contributed by atoms with Gasteiger partial charge in [0.1, 0.15) is 18.8 Å². The quantitative estimate of drug-likeness (QED) is 0.686. The predicted octanol–water partition coefficient (Wildman–Crippen LogP) is 2.26. The highest BCUT2D eigenvalue weighted by Crippen LogP contribution is 2.61. The Bertz CT molecular complexity index is 514. The summed E-state index contributed by atoms with van der Waals surface area (Å²) in [4.78, 5) is 12.6. The predicted molar refractivity (Wildman–Crippen MR) is 97.6 cm³/mol. The number of hydrogen-bond acceptors (Lipinski definition) is 6. The molecule has 4 aliphatic carbocycles. The number of carbonyl (C=O) groups excluding carboxylic acids is 1. The van der Waals surface area contributed by atoms with Crippen molar-refractivity contribution in [1.82, 2.24) is 0 Å². The number of aliphatic hydroxyl groups excluding tert-OH is 2. The van der Waals surface area contributed by atoms with Crippen molar-refractivity contribution < 1.29 is 29.2 Å². The fraction of sp³-hybridized carbons (Fsp3) is 0.952. The van der Waals surface area contributed by atoms with Gasteiger partial charge in [-0.2, -0.15) is 0 Å². The standard InChI is InChI=1S/C21H34O6/c1-3-25-19-12(2)20(24)27-16(18(19)23)11-26-17(22)10-21-7-13-4-14(8-21)6-15(5-13)9-21/h12-16,18-20,23-24H,3-11H2,1-2H3/t12?,13?,14?,15?,16?,18-,19-,20?,21?/m1/s1. The Balaban J connectivity index is 1.31. The summed E-state index contributed by atoms with van der Waals surface area (Å²) in [6.07, 6.45) is 4.80. The van der Waals surface area contributed by atoms with Crippen LogP contribution in [0.2, 0.25) is 0 Å². The van der Waals surface area contributed by atoms with Gasteiger partial charge in [0.05, 0.1) is 12.5 Å². The van der Waals surface area contributed by atoms with Gasteiger partial charge in [-0.3, -0.25) is 4.79 Å². The van der Waals surface area contributed by atoms with Crippen molar-refractivity contribution in [2.75, 3.05) is 13.2 Å². The third-order valence-corrected chi connectivity index (χ3v) is 7.45. The molecule has 0 aromatic rings. The summed E-state index contributed by atoms with van der Waals surface area (Å²) >= 11 is 0. The zero-order chi connectivity index (χ0) is 19.2. The van der Waals surface area contributed by atoms with Gasteiger partial charge in [-0.25, -0.2) is 0 Å². The summed E-state index contributed by atoms with van der Waals surface area (Å²) in [5, 5.41) is 20.6. The molecule has 5 aliphatic rings. The minimum atomic E-state index is -1.03. The van der Waals surface area contributed by atoms with E-state index in [0.717, 1.165) is 17.8 Å². The first-order chi connectivity index (χ1) is 12.9. The Hall–Kier alpha value is -0.690. The van der Waals surface area contributed by atoms with E-state index >= 15 is 0 Å². The first kappa shape index (κ1) is 19.6. The molecule has 5 atom stereocenters. The highest BCUT2D eigenvalue weighted by atomic mass is 16.6. The molecule has 27 heavy (non-hydrogen) atoms. The van der Waals surface area contributed by atoms with E-state index in [2.05, 4.69) is 0 Å². The van der Waals surface area contributed by atoms with Gasteiger partial charge in [-0.1, -0.05) is 6.92 Å². The maximum Gasteiger partial charge on any atom is 0.306 e. The molecule has 6 heteroatoms. The molecular formula is C21H34O6. The Morgan fingerprint density at radius 1 is 1.11 bits per heavy atom. The number of aliphatic hydroxyl groups is 2. The molecule has 1 aliphatic heterocycles. The van der Waals surface area contributed by atoms with Gasteiger partial charge in [-0.15, -0.1) is 0 Å².